The van der Waals surface area contributed by atoms with Crippen LogP contribution in [0.15, 0.2) is 24.5 Å². The zero-order valence-corrected chi connectivity index (χ0v) is 17.0. The quantitative estimate of drug-likeness (QED) is 0.356. The van der Waals surface area contributed by atoms with Crippen LogP contribution in [-0.4, -0.2) is 74.1 Å². The van der Waals surface area contributed by atoms with Gasteiger partial charge in [-0.1, -0.05) is 12.5 Å². The van der Waals surface area contributed by atoms with E-state index in [-0.39, 0.29) is 19.1 Å². The molecule has 2 unspecified atom stereocenters. The Hall–Kier alpha value is -2.01. The van der Waals surface area contributed by atoms with Crippen LogP contribution < -0.4 is 5.73 Å². The van der Waals surface area contributed by atoms with E-state index in [1.54, 1.807) is 12.4 Å². The first kappa shape index (κ1) is 26.0. The number of hydrogen-bond donors (Lipinski definition) is 4. The van der Waals surface area contributed by atoms with Gasteiger partial charge in [-0.2, -0.15) is 13.2 Å². The molecule has 170 valence electrons. The Morgan fingerprint density at radius 3 is 2.40 bits per heavy atom. The highest BCUT2D eigenvalue weighted by Gasteiger charge is 2.56. The number of nitrogens with two attached hydrogens (primary N) is 1. The summed E-state index contributed by atoms with van der Waals surface area (Å²) in [6.07, 6.45) is -0.315. The lowest BCUT2D eigenvalue weighted by Gasteiger charge is -2.43. The maximum atomic E-state index is 12.6. The third-order valence-electron chi connectivity index (χ3n) is 4.69. The van der Waals surface area contributed by atoms with Gasteiger partial charge in [0.2, 0.25) is 7.37 Å². The fourth-order valence-corrected chi connectivity index (χ4v) is 5.28. The minimum atomic E-state index is -5.08. The standard InChI is InChI=1S/C15H24N3O4P.C2HF3O2/c16-6-2-1-5-15(14(19)20)12-18(8-9-23(15,21)22)11-13-4-3-7-17-10-13;3-2(4,5)1(6)7/h3-4,7,10H,1-2,5-6,8-9,11-12,16H2,(H,19,20)(H,21,22);(H,6,7). The molecule has 2 atom stereocenters. The van der Waals surface area contributed by atoms with Crippen molar-refractivity contribution in [2.45, 2.75) is 37.1 Å². The number of pyridine rings is 1. The monoisotopic (exact) mass is 455 g/mol. The van der Waals surface area contributed by atoms with Crippen LogP contribution in [0.3, 0.4) is 0 Å². The Balaban J connectivity index is 0.000000553. The van der Waals surface area contributed by atoms with Gasteiger partial charge in [-0.25, -0.2) is 4.79 Å². The first-order valence-electron chi connectivity index (χ1n) is 9.02. The van der Waals surface area contributed by atoms with E-state index >= 15 is 0 Å². The lowest BCUT2D eigenvalue weighted by atomic mass is 9.99. The molecule has 0 bridgehead atoms. The van der Waals surface area contributed by atoms with Crippen LogP contribution in [0.25, 0.3) is 0 Å². The normalized spacial score (nSPS) is 24.6. The van der Waals surface area contributed by atoms with Gasteiger partial charge in [0.25, 0.3) is 0 Å². The van der Waals surface area contributed by atoms with Crippen molar-refractivity contribution in [2.24, 2.45) is 5.73 Å². The van der Waals surface area contributed by atoms with Crippen LogP contribution in [0.5, 0.6) is 0 Å². The van der Waals surface area contributed by atoms with E-state index in [2.05, 4.69) is 4.98 Å². The molecule has 0 aliphatic carbocycles. The minimum absolute atomic E-state index is 0.00217. The fraction of sp³-hybridized carbons (Fsp3) is 0.588. The van der Waals surface area contributed by atoms with Gasteiger partial charge in [0.1, 0.15) is 0 Å². The summed E-state index contributed by atoms with van der Waals surface area (Å²) in [6, 6.07) is 3.74. The van der Waals surface area contributed by atoms with Gasteiger partial charge in [-0.15, -0.1) is 0 Å². The molecule has 5 N–H and O–H groups in total. The summed E-state index contributed by atoms with van der Waals surface area (Å²) in [4.78, 5) is 37.1. The average molecular weight is 455 g/mol. The molecule has 13 heteroatoms. The smallest absolute Gasteiger partial charge is 0.480 e. The Kier molecular flexibility index (Phi) is 9.41. The molecule has 1 aliphatic rings. The van der Waals surface area contributed by atoms with Gasteiger partial charge in [0, 0.05) is 38.2 Å². The Bertz CT molecular complexity index is 765. The highest BCUT2D eigenvalue weighted by atomic mass is 31.2. The first-order chi connectivity index (χ1) is 13.9. The van der Waals surface area contributed by atoms with E-state index in [0.29, 0.717) is 32.5 Å². The molecule has 2 rings (SSSR count). The van der Waals surface area contributed by atoms with E-state index in [4.69, 9.17) is 15.6 Å². The lowest BCUT2D eigenvalue weighted by Crippen LogP contribution is -2.53. The van der Waals surface area contributed by atoms with Gasteiger partial charge >= 0.3 is 18.1 Å². The molecular weight excluding hydrogens is 430 g/mol. The minimum Gasteiger partial charge on any atom is -0.480 e. The molecule has 1 fully saturated rings. The number of carboxylic acid groups (broad SMARTS) is 2. The molecule has 0 radical (unpaired) electrons. The second-order valence-corrected chi connectivity index (χ2v) is 9.59. The zero-order valence-electron chi connectivity index (χ0n) is 16.1. The van der Waals surface area contributed by atoms with Crippen LogP contribution in [0.1, 0.15) is 24.8 Å². The largest absolute Gasteiger partial charge is 0.490 e. The average Bonchev–Trinajstić information content (AvgIpc) is 2.65. The summed E-state index contributed by atoms with van der Waals surface area (Å²) < 4.78 is 44.4. The molecular formula is C17H25F3N3O6P. The van der Waals surface area contributed by atoms with Crippen molar-refractivity contribution in [1.82, 2.24) is 9.88 Å². The van der Waals surface area contributed by atoms with Crippen molar-refractivity contribution in [2.75, 3.05) is 25.8 Å². The lowest BCUT2D eigenvalue weighted by molar-refractivity contribution is -0.192. The summed E-state index contributed by atoms with van der Waals surface area (Å²) in [5.74, 6) is -3.94. The predicted octanol–water partition coefficient (Wildman–Crippen LogP) is 1.75. The van der Waals surface area contributed by atoms with Gasteiger partial charge < -0.3 is 20.8 Å². The van der Waals surface area contributed by atoms with Crippen molar-refractivity contribution in [1.29, 1.82) is 0 Å². The number of carbonyl (C=O) groups is 2. The van der Waals surface area contributed by atoms with Crippen LogP contribution in [0, 0.1) is 0 Å². The molecule has 30 heavy (non-hydrogen) atoms. The maximum Gasteiger partial charge on any atom is 0.490 e. The molecule has 0 aromatic carbocycles. The van der Waals surface area contributed by atoms with E-state index in [1.165, 1.54) is 0 Å². The van der Waals surface area contributed by atoms with Crippen LogP contribution in [0.2, 0.25) is 0 Å². The van der Waals surface area contributed by atoms with Crippen molar-refractivity contribution >= 4 is 19.3 Å². The van der Waals surface area contributed by atoms with Crippen LogP contribution >= 0.6 is 7.37 Å². The molecule has 1 aliphatic heterocycles. The Labute approximate surface area is 171 Å². The second kappa shape index (κ2) is 10.9. The molecule has 9 nitrogen and oxygen atoms in total. The highest BCUT2D eigenvalue weighted by Crippen LogP contribution is 2.59. The first-order valence-corrected chi connectivity index (χ1v) is 10.9. The van der Waals surface area contributed by atoms with Gasteiger partial charge in [0.15, 0.2) is 5.16 Å². The summed E-state index contributed by atoms with van der Waals surface area (Å²) in [6.45, 7) is 1.47. The molecule has 1 aromatic rings. The number of carboxylic acids is 2. The number of unbranched alkanes of at least 4 members (excludes halogenated alkanes) is 1. The van der Waals surface area contributed by atoms with E-state index < -0.39 is 30.6 Å². The summed E-state index contributed by atoms with van der Waals surface area (Å²) >= 11 is 0. The SMILES string of the molecule is NCCCCC1(C(=O)O)CN(Cc2cccnc2)CCP1(=O)O.O=C(O)C(F)(F)F. The molecule has 0 amide bonds. The number of halogens is 3. The fourth-order valence-electron chi connectivity index (χ4n) is 3.07. The van der Waals surface area contributed by atoms with Crippen molar-refractivity contribution in [3.8, 4) is 0 Å². The van der Waals surface area contributed by atoms with E-state index in [1.807, 2.05) is 17.0 Å². The molecule has 1 saturated heterocycles. The topological polar surface area (TPSA) is 154 Å². The van der Waals surface area contributed by atoms with Gasteiger partial charge in [-0.05, 0) is 31.0 Å². The van der Waals surface area contributed by atoms with Gasteiger partial charge in [0.05, 0.1) is 0 Å². The highest BCUT2D eigenvalue weighted by molar-refractivity contribution is 7.61. The summed E-state index contributed by atoms with van der Waals surface area (Å²) in [7, 11) is -3.76. The molecule has 0 saturated carbocycles. The van der Waals surface area contributed by atoms with E-state index in [9.17, 15) is 32.5 Å². The predicted molar refractivity (Wildman–Crippen MR) is 101 cm³/mol. The number of nitrogens with zero attached hydrogens (tertiary/aromatic N) is 2. The Morgan fingerprint density at radius 2 is 1.93 bits per heavy atom. The Morgan fingerprint density at radius 1 is 1.30 bits per heavy atom. The number of aliphatic carboxylic acids is 2. The maximum absolute atomic E-state index is 12.6. The van der Waals surface area contributed by atoms with Crippen molar-refractivity contribution in [3.05, 3.63) is 30.1 Å². The van der Waals surface area contributed by atoms with Crippen LogP contribution in [0.4, 0.5) is 13.2 Å². The summed E-state index contributed by atoms with van der Waals surface area (Å²) in [5.41, 5.74) is 6.43. The molecule has 1 aromatic heterocycles. The van der Waals surface area contributed by atoms with Crippen LogP contribution in [-0.2, 0) is 20.7 Å². The van der Waals surface area contributed by atoms with Gasteiger partial charge in [-0.3, -0.25) is 19.2 Å². The zero-order chi connectivity index (χ0) is 23.0. The third kappa shape index (κ3) is 7.05. The van der Waals surface area contributed by atoms with Crippen molar-refractivity contribution < 1.29 is 42.4 Å². The third-order valence-corrected chi connectivity index (χ3v) is 7.39. The molecule has 0 spiro atoms. The number of alkyl halides is 3. The van der Waals surface area contributed by atoms with Crippen molar-refractivity contribution in [3.63, 3.8) is 0 Å². The molecule has 2 heterocycles. The second-order valence-electron chi connectivity index (χ2n) is 6.88. The number of rotatable bonds is 7. The number of aromatic nitrogens is 1. The summed E-state index contributed by atoms with van der Waals surface area (Å²) in [5, 5.41) is 15.2. The number of hydrogen-bond acceptors (Lipinski definition) is 6. The van der Waals surface area contributed by atoms with E-state index in [0.717, 1.165) is 5.56 Å².